The van der Waals surface area contributed by atoms with Crippen molar-refractivity contribution < 1.29 is 9.18 Å². The van der Waals surface area contributed by atoms with Crippen LogP contribution in [0.25, 0.3) is 0 Å². The van der Waals surface area contributed by atoms with Crippen molar-refractivity contribution in [3.05, 3.63) is 41.7 Å². The number of anilines is 1. The van der Waals surface area contributed by atoms with Crippen molar-refractivity contribution in [2.75, 3.05) is 11.1 Å². The third kappa shape index (κ3) is 3.82. The smallest absolute Gasteiger partial charge is 0.226 e. The molecule has 1 heterocycles. The molecule has 0 aliphatic rings. The second-order valence-corrected chi connectivity index (χ2v) is 5.45. The molecular weight excluding hydrogens is 271 g/mol. The normalized spacial score (nSPS) is 10.3. The molecule has 0 saturated carbocycles. The molecule has 0 bridgehead atoms. The van der Waals surface area contributed by atoms with Crippen molar-refractivity contribution in [2.45, 2.75) is 11.3 Å². The van der Waals surface area contributed by atoms with Crippen LogP contribution >= 0.6 is 23.1 Å². The minimum Gasteiger partial charge on any atom is -0.302 e. The minimum absolute atomic E-state index is 0.103. The first-order valence-corrected chi connectivity index (χ1v) is 7.19. The van der Waals surface area contributed by atoms with E-state index in [0.717, 1.165) is 0 Å². The van der Waals surface area contributed by atoms with Crippen LogP contribution in [0.1, 0.15) is 6.42 Å². The number of nitrogens with one attached hydrogen (secondary N) is 1. The van der Waals surface area contributed by atoms with Gasteiger partial charge >= 0.3 is 0 Å². The Morgan fingerprint density at radius 2 is 2.28 bits per heavy atom. The van der Waals surface area contributed by atoms with Crippen LogP contribution in [0, 0.1) is 5.82 Å². The van der Waals surface area contributed by atoms with E-state index in [2.05, 4.69) is 10.3 Å². The summed E-state index contributed by atoms with van der Waals surface area (Å²) in [5.74, 6) is 0.189. The van der Waals surface area contributed by atoms with Gasteiger partial charge in [-0.2, -0.15) is 0 Å². The molecule has 94 valence electrons. The number of thiazole rings is 1. The zero-order valence-electron chi connectivity index (χ0n) is 9.43. The molecule has 2 rings (SSSR count). The largest absolute Gasteiger partial charge is 0.302 e. The predicted octanol–water partition coefficient (Wildman–Crippen LogP) is 3.40. The SMILES string of the molecule is O=C(CCSc1ccccc1F)Nc1nccs1. The standard InChI is InChI=1S/C12H11FN2OS2/c13-9-3-1-2-4-10(9)17-7-5-11(16)15-12-14-6-8-18-12/h1-4,6,8H,5,7H2,(H,14,15,16). The first-order chi connectivity index (χ1) is 8.75. The van der Waals surface area contributed by atoms with Crippen molar-refractivity contribution in [2.24, 2.45) is 0 Å². The molecule has 18 heavy (non-hydrogen) atoms. The Morgan fingerprint density at radius 1 is 1.44 bits per heavy atom. The number of aromatic nitrogens is 1. The van der Waals surface area contributed by atoms with Gasteiger partial charge in [-0.05, 0) is 12.1 Å². The predicted molar refractivity (Wildman–Crippen MR) is 72.5 cm³/mol. The van der Waals surface area contributed by atoms with Crippen molar-refractivity contribution in [3.8, 4) is 0 Å². The van der Waals surface area contributed by atoms with Crippen LogP contribution in [0.5, 0.6) is 0 Å². The number of hydrogen-bond donors (Lipinski definition) is 1. The van der Waals surface area contributed by atoms with E-state index in [9.17, 15) is 9.18 Å². The highest BCUT2D eigenvalue weighted by molar-refractivity contribution is 7.99. The number of rotatable bonds is 5. The second-order valence-electron chi connectivity index (χ2n) is 3.41. The molecule has 0 saturated heterocycles. The highest BCUT2D eigenvalue weighted by Crippen LogP contribution is 2.22. The minimum atomic E-state index is -0.247. The van der Waals surface area contributed by atoms with E-state index in [1.165, 1.54) is 29.2 Å². The lowest BCUT2D eigenvalue weighted by molar-refractivity contribution is -0.115. The maximum atomic E-state index is 13.3. The summed E-state index contributed by atoms with van der Waals surface area (Å²) in [5.41, 5.74) is 0. The molecule has 0 spiro atoms. The van der Waals surface area contributed by atoms with Crippen molar-refractivity contribution in [1.29, 1.82) is 0 Å². The van der Waals surface area contributed by atoms with Gasteiger partial charge in [-0.3, -0.25) is 4.79 Å². The van der Waals surface area contributed by atoms with Crippen LogP contribution in [-0.2, 0) is 4.79 Å². The number of benzene rings is 1. The summed E-state index contributed by atoms with van der Waals surface area (Å²) in [6.45, 7) is 0. The van der Waals surface area contributed by atoms with Gasteiger partial charge in [0.1, 0.15) is 5.82 Å². The summed E-state index contributed by atoms with van der Waals surface area (Å²) >= 11 is 2.71. The molecule has 0 aliphatic carbocycles. The average Bonchev–Trinajstić information content (AvgIpc) is 2.84. The highest BCUT2D eigenvalue weighted by atomic mass is 32.2. The van der Waals surface area contributed by atoms with Crippen molar-refractivity contribution in [1.82, 2.24) is 4.98 Å². The number of carbonyl (C=O) groups is 1. The summed E-state index contributed by atoms with van der Waals surface area (Å²) in [6, 6.07) is 6.55. The Labute approximate surface area is 112 Å². The molecule has 2 aromatic rings. The van der Waals surface area contributed by atoms with Crippen molar-refractivity contribution >= 4 is 34.1 Å². The number of halogens is 1. The lowest BCUT2D eigenvalue weighted by atomic mass is 10.3. The quantitative estimate of drug-likeness (QED) is 0.855. The Bertz CT molecular complexity index is 517. The van der Waals surface area contributed by atoms with Crippen molar-refractivity contribution in [3.63, 3.8) is 0 Å². The molecule has 0 atom stereocenters. The summed E-state index contributed by atoms with van der Waals surface area (Å²) in [7, 11) is 0. The average molecular weight is 282 g/mol. The van der Waals surface area contributed by atoms with E-state index in [1.54, 1.807) is 29.8 Å². The van der Waals surface area contributed by atoms with Crippen LogP contribution in [0.3, 0.4) is 0 Å². The summed E-state index contributed by atoms with van der Waals surface area (Å²) in [5, 5.41) is 5.07. The van der Waals surface area contributed by atoms with Gasteiger partial charge in [0.2, 0.25) is 5.91 Å². The van der Waals surface area contributed by atoms with Gasteiger partial charge in [-0.1, -0.05) is 12.1 Å². The van der Waals surface area contributed by atoms with E-state index in [0.29, 0.717) is 22.2 Å². The molecule has 1 aromatic heterocycles. The maximum Gasteiger partial charge on any atom is 0.226 e. The molecule has 0 radical (unpaired) electrons. The zero-order chi connectivity index (χ0) is 12.8. The van der Waals surface area contributed by atoms with Crippen LogP contribution in [0.4, 0.5) is 9.52 Å². The second kappa shape index (κ2) is 6.51. The fraction of sp³-hybridized carbons (Fsp3) is 0.167. The van der Waals surface area contributed by atoms with E-state index in [-0.39, 0.29) is 11.7 Å². The van der Waals surface area contributed by atoms with Gasteiger partial charge in [0.15, 0.2) is 5.13 Å². The third-order valence-corrected chi connectivity index (χ3v) is 3.84. The molecule has 0 aliphatic heterocycles. The van der Waals surface area contributed by atoms with Gasteiger partial charge in [0.05, 0.1) is 0 Å². The van der Waals surface area contributed by atoms with E-state index < -0.39 is 0 Å². The van der Waals surface area contributed by atoms with Gasteiger partial charge < -0.3 is 5.32 Å². The molecule has 3 nitrogen and oxygen atoms in total. The fourth-order valence-electron chi connectivity index (χ4n) is 1.28. The van der Waals surface area contributed by atoms with E-state index in [1.807, 2.05) is 0 Å². The topological polar surface area (TPSA) is 42.0 Å². The molecule has 1 amide bonds. The van der Waals surface area contributed by atoms with Crippen LogP contribution in [0.15, 0.2) is 40.7 Å². The van der Waals surface area contributed by atoms with Gasteiger partial charge in [-0.25, -0.2) is 9.37 Å². The Balaban J connectivity index is 1.75. The number of thioether (sulfide) groups is 1. The first-order valence-electron chi connectivity index (χ1n) is 5.32. The monoisotopic (exact) mass is 282 g/mol. The molecule has 1 N–H and O–H groups in total. The lowest BCUT2D eigenvalue weighted by Crippen LogP contribution is -2.11. The Kier molecular flexibility index (Phi) is 4.72. The molecule has 1 aromatic carbocycles. The van der Waals surface area contributed by atoms with E-state index >= 15 is 0 Å². The zero-order valence-corrected chi connectivity index (χ0v) is 11.1. The van der Waals surface area contributed by atoms with Gasteiger partial charge in [-0.15, -0.1) is 23.1 Å². The lowest BCUT2D eigenvalue weighted by Gasteiger charge is -2.03. The van der Waals surface area contributed by atoms with Gasteiger partial charge in [0.25, 0.3) is 0 Å². The van der Waals surface area contributed by atoms with Crippen LogP contribution in [0.2, 0.25) is 0 Å². The summed E-state index contributed by atoms with van der Waals surface area (Å²) < 4.78 is 13.3. The molecular formula is C12H11FN2OS2. The van der Waals surface area contributed by atoms with E-state index in [4.69, 9.17) is 0 Å². The Morgan fingerprint density at radius 3 is 3.00 bits per heavy atom. The van der Waals surface area contributed by atoms with Gasteiger partial charge in [0, 0.05) is 28.6 Å². The molecule has 6 heteroatoms. The molecule has 0 fully saturated rings. The first kappa shape index (κ1) is 13.0. The maximum absolute atomic E-state index is 13.3. The molecule has 0 unspecified atom stereocenters. The summed E-state index contributed by atoms with van der Waals surface area (Å²) in [4.78, 5) is 16.1. The number of carbonyl (C=O) groups excluding carboxylic acids is 1. The van der Waals surface area contributed by atoms with Crippen LogP contribution in [-0.4, -0.2) is 16.6 Å². The number of hydrogen-bond acceptors (Lipinski definition) is 4. The Hall–Kier alpha value is -1.40. The number of nitrogens with zero attached hydrogens (tertiary/aromatic N) is 1. The van der Waals surface area contributed by atoms with Crippen LogP contribution < -0.4 is 5.32 Å². The highest BCUT2D eigenvalue weighted by Gasteiger charge is 2.06. The fourth-order valence-corrected chi connectivity index (χ4v) is 2.72. The summed E-state index contributed by atoms with van der Waals surface area (Å²) in [6.07, 6.45) is 1.97. The number of amides is 1. The third-order valence-electron chi connectivity index (χ3n) is 2.10.